The molecule has 3 aromatic rings. The molecule has 0 saturated carbocycles. The number of carbonyl (C=O) groups excluding carboxylic acids is 1. The van der Waals surface area contributed by atoms with Crippen LogP contribution in [0.2, 0.25) is 0 Å². The molecular weight excluding hydrogens is 360 g/mol. The molecule has 0 aliphatic carbocycles. The SMILES string of the molecule is CC1(C)CN(C(=O)Cn2cnc3sc(-c4ccccc4)cc3c2=O)CCN1. The maximum atomic E-state index is 12.9. The van der Waals surface area contributed by atoms with E-state index in [0.29, 0.717) is 23.3 Å². The highest BCUT2D eigenvalue weighted by Crippen LogP contribution is 2.30. The number of carbonyl (C=O) groups is 1. The minimum atomic E-state index is -0.166. The van der Waals surface area contributed by atoms with Crippen LogP contribution in [0.3, 0.4) is 0 Å². The van der Waals surface area contributed by atoms with Crippen molar-refractivity contribution in [1.29, 1.82) is 0 Å². The first-order chi connectivity index (χ1) is 12.9. The molecule has 1 aliphatic rings. The first kappa shape index (κ1) is 17.9. The van der Waals surface area contributed by atoms with E-state index < -0.39 is 0 Å². The van der Waals surface area contributed by atoms with Gasteiger partial charge in [0.25, 0.3) is 5.56 Å². The average molecular weight is 382 g/mol. The molecule has 1 amide bonds. The van der Waals surface area contributed by atoms with Crippen molar-refractivity contribution in [3.63, 3.8) is 0 Å². The van der Waals surface area contributed by atoms with E-state index in [-0.39, 0.29) is 23.6 Å². The molecule has 0 atom stereocenters. The van der Waals surface area contributed by atoms with Gasteiger partial charge in [-0.15, -0.1) is 11.3 Å². The molecule has 140 valence electrons. The van der Waals surface area contributed by atoms with Crippen molar-refractivity contribution in [2.24, 2.45) is 0 Å². The number of benzene rings is 1. The molecule has 1 saturated heterocycles. The third-order valence-electron chi connectivity index (χ3n) is 4.81. The van der Waals surface area contributed by atoms with Crippen molar-refractivity contribution >= 4 is 27.5 Å². The Morgan fingerprint density at radius 2 is 2.07 bits per heavy atom. The van der Waals surface area contributed by atoms with Gasteiger partial charge in [0.05, 0.1) is 11.7 Å². The summed E-state index contributed by atoms with van der Waals surface area (Å²) in [6, 6.07) is 11.8. The predicted molar refractivity (Wildman–Crippen MR) is 108 cm³/mol. The van der Waals surface area contributed by atoms with Gasteiger partial charge in [0.2, 0.25) is 5.91 Å². The number of thiophene rings is 1. The molecule has 27 heavy (non-hydrogen) atoms. The number of nitrogens with one attached hydrogen (secondary N) is 1. The van der Waals surface area contributed by atoms with E-state index >= 15 is 0 Å². The summed E-state index contributed by atoms with van der Waals surface area (Å²) in [6.45, 7) is 6.21. The molecule has 6 nitrogen and oxygen atoms in total. The third kappa shape index (κ3) is 3.65. The van der Waals surface area contributed by atoms with Crippen LogP contribution in [-0.4, -0.2) is 45.5 Å². The highest BCUT2D eigenvalue weighted by Gasteiger charge is 2.28. The smallest absolute Gasteiger partial charge is 0.262 e. The lowest BCUT2D eigenvalue weighted by molar-refractivity contribution is -0.133. The molecule has 0 unspecified atom stereocenters. The van der Waals surface area contributed by atoms with E-state index in [9.17, 15) is 9.59 Å². The lowest BCUT2D eigenvalue weighted by Crippen LogP contribution is -2.59. The summed E-state index contributed by atoms with van der Waals surface area (Å²) < 4.78 is 1.42. The van der Waals surface area contributed by atoms with Crippen molar-refractivity contribution in [3.8, 4) is 10.4 Å². The standard InChI is InChI=1S/C20H22N4O2S/c1-20(2)12-23(9-8-22-20)17(25)11-24-13-21-18-15(19(24)26)10-16(27-18)14-6-4-3-5-7-14/h3-7,10,13,22H,8-9,11-12H2,1-2H3. The Labute approximate surface area is 161 Å². The molecular formula is C20H22N4O2S. The Kier molecular flexibility index (Phi) is 4.57. The number of amides is 1. The first-order valence-corrected chi connectivity index (χ1v) is 9.82. The molecule has 7 heteroatoms. The van der Waals surface area contributed by atoms with Gasteiger partial charge in [-0.3, -0.25) is 14.2 Å². The lowest BCUT2D eigenvalue weighted by Gasteiger charge is -2.39. The van der Waals surface area contributed by atoms with E-state index in [4.69, 9.17) is 0 Å². The zero-order valence-corrected chi connectivity index (χ0v) is 16.3. The zero-order chi connectivity index (χ0) is 19.0. The zero-order valence-electron chi connectivity index (χ0n) is 15.4. The van der Waals surface area contributed by atoms with Gasteiger partial charge >= 0.3 is 0 Å². The van der Waals surface area contributed by atoms with Gasteiger partial charge in [-0.1, -0.05) is 30.3 Å². The highest BCUT2D eigenvalue weighted by molar-refractivity contribution is 7.21. The van der Waals surface area contributed by atoms with Gasteiger partial charge in [-0.05, 0) is 25.5 Å². The van der Waals surface area contributed by atoms with Crippen LogP contribution in [0.25, 0.3) is 20.7 Å². The van der Waals surface area contributed by atoms with Gasteiger partial charge in [0.15, 0.2) is 0 Å². The van der Waals surface area contributed by atoms with Gasteiger partial charge in [0.1, 0.15) is 11.4 Å². The van der Waals surface area contributed by atoms with E-state index in [0.717, 1.165) is 17.0 Å². The number of hydrogen-bond donors (Lipinski definition) is 1. The van der Waals surface area contributed by atoms with Crippen LogP contribution >= 0.6 is 11.3 Å². The summed E-state index contributed by atoms with van der Waals surface area (Å²) in [5.41, 5.74) is 0.783. The van der Waals surface area contributed by atoms with E-state index in [1.165, 1.54) is 22.2 Å². The summed E-state index contributed by atoms with van der Waals surface area (Å²) in [5, 5.41) is 3.95. The number of rotatable bonds is 3. The summed E-state index contributed by atoms with van der Waals surface area (Å²) in [7, 11) is 0. The normalized spacial score (nSPS) is 16.6. The van der Waals surface area contributed by atoms with Crippen LogP contribution in [0, 0.1) is 0 Å². The Morgan fingerprint density at radius 3 is 2.81 bits per heavy atom. The third-order valence-corrected chi connectivity index (χ3v) is 5.90. The van der Waals surface area contributed by atoms with Crippen LogP contribution in [-0.2, 0) is 11.3 Å². The molecule has 0 radical (unpaired) electrons. The summed E-state index contributed by atoms with van der Waals surface area (Å²) in [4.78, 5) is 33.5. The maximum Gasteiger partial charge on any atom is 0.262 e. The van der Waals surface area contributed by atoms with Crippen LogP contribution in [0.5, 0.6) is 0 Å². The largest absolute Gasteiger partial charge is 0.338 e. The topological polar surface area (TPSA) is 67.2 Å². The molecule has 2 aromatic heterocycles. The second kappa shape index (κ2) is 6.90. The van der Waals surface area contributed by atoms with E-state index in [1.54, 1.807) is 0 Å². The van der Waals surface area contributed by atoms with Gasteiger partial charge in [0, 0.05) is 30.1 Å². The van der Waals surface area contributed by atoms with Crippen LogP contribution in [0.4, 0.5) is 0 Å². The van der Waals surface area contributed by atoms with Gasteiger partial charge < -0.3 is 10.2 Å². The van der Waals surface area contributed by atoms with E-state index in [1.807, 2.05) is 41.3 Å². The molecule has 1 N–H and O–H groups in total. The molecule has 0 bridgehead atoms. The maximum absolute atomic E-state index is 12.9. The number of fused-ring (bicyclic) bond motifs is 1. The van der Waals surface area contributed by atoms with Crippen molar-refractivity contribution in [2.75, 3.05) is 19.6 Å². The minimum absolute atomic E-state index is 0.0222. The van der Waals surface area contributed by atoms with Gasteiger partial charge in [-0.2, -0.15) is 0 Å². The lowest BCUT2D eigenvalue weighted by atomic mass is 10.0. The van der Waals surface area contributed by atoms with Crippen LogP contribution in [0.15, 0.2) is 47.5 Å². The number of hydrogen-bond acceptors (Lipinski definition) is 5. The Morgan fingerprint density at radius 1 is 1.30 bits per heavy atom. The van der Waals surface area contributed by atoms with E-state index in [2.05, 4.69) is 24.1 Å². The second-order valence-electron chi connectivity index (χ2n) is 7.50. The quantitative estimate of drug-likeness (QED) is 0.755. The number of piperazine rings is 1. The van der Waals surface area contributed by atoms with Crippen LogP contribution < -0.4 is 10.9 Å². The number of nitrogens with zero attached hydrogens (tertiary/aromatic N) is 3. The first-order valence-electron chi connectivity index (χ1n) is 9.00. The minimum Gasteiger partial charge on any atom is -0.338 e. The molecule has 1 aromatic carbocycles. The second-order valence-corrected chi connectivity index (χ2v) is 8.53. The monoisotopic (exact) mass is 382 g/mol. The molecule has 4 rings (SSSR count). The van der Waals surface area contributed by atoms with Crippen molar-refractivity contribution < 1.29 is 4.79 Å². The summed E-state index contributed by atoms with van der Waals surface area (Å²) in [5.74, 6) is -0.0497. The Hall–Kier alpha value is -2.51. The molecule has 1 aliphatic heterocycles. The molecule has 0 spiro atoms. The fourth-order valence-corrected chi connectivity index (χ4v) is 4.41. The molecule has 3 heterocycles. The molecule has 1 fully saturated rings. The average Bonchev–Trinajstić information content (AvgIpc) is 3.09. The number of aromatic nitrogens is 2. The Balaban J connectivity index is 1.60. The summed E-state index contributed by atoms with van der Waals surface area (Å²) >= 11 is 1.49. The summed E-state index contributed by atoms with van der Waals surface area (Å²) in [6.07, 6.45) is 1.49. The predicted octanol–water partition coefficient (Wildman–Crippen LogP) is 2.34. The fourth-order valence-electron chi connectivity index (χ4n) is 3.42. The van der Waals surface area contributed by atoms with Crippen LogP contribution in [0.1, 0.15) is 13.8 Å². The van der Waals surface area contributed by atoms with Crippen molar-refractivity contribution in [1.82, 2.24) is 19.8 Å². The van der Waals surface area contributed by atoms with Gasteiger partial charge in [-0.25, -0.2) is 4.98 Å². The van der Waals surface area contributed by atoms with Crippen molar-refractivity contribution in [2.45, 2.75) is 25.9 Å². The Bertz CT molecular complexity index is 1040. The highest BCUT2D eigenvalue weighted by atomic mass is 32.1. The van der Waals surface area contributed by atoms with Crippen molar-refractivity contribution in [3.05, 3.63) is 53.1 Å². The fraction of sp³-hybridized carbons (Fsp3) is 0.350.